The second-order valence-corrected chi connectivity index (χ2v) is 3.88. The largest absolute Gasteiger partial charge is 0.478 e. The fourth-order valence-electron chi connectivity index (χ4n) is 1.10. The molecular weight excluding hydrogens is 316 g/mol. The van der Waals surface area contributed by atoms with Crippen LogP contribution in [0, 0.1) is 0 Å². The fourth-order valence-corrected chi connectivity index (χ4v) is 1.10. The normalized spacial score (nSPS) is 11.5. The molecule has 0 fully saturated rings. The van der Waals surface area contributed by atoms with Crippen LogP contribution in [0.2, 0.25) is 0 Å². The van der Waals surface area contributed by atoms with Crippen LogP contribution in [-0.4, -0.2) is 36.1 Å². The molecule has 1 N–H and O–H groups in total. The highest BCUT2D eigenvalue weighted by atomic mass is 16.6. The zero-order chi connectivity index (χ0) is 18.4. The molecule has 0 saturated carbocycles. The number of esters is 3. The first-order valence-electron chi connectivity index (χ1n) is 6.49. The maximum atomic E-state index is 10.1. The Labute approximate surface area is 138 Å². The van der Waals surface area contributed by atoms with Gasteiger partial charge in [0.2, 0.25) is 0 Å². The number of hydrogen-bond acceptors (Lipinski definition) is 6. The Hall–Kier alpha value is -3.48. The molecular formula is C17H16O7. The lowest BCUT2D eigenvalue weighted by Gasteiger charge is -1.85. The maximum absolute atomic E-state index is 10.1. The van der Waals surface area contributed by atoms with Crippen molar-refractivity contribution in [3.63, 3.8) is 0 Å². The van der Waals surface area contributed by atoms with E-state index in [4.69, 9.17) is 5.11 Å². The van der Waals surface area contributed by atoms with Crippen molar-refractivity contribution in [3.8, 4) is 0 Å². The summed E-state index contributed by atoms with van der Waals surface area (Å²) in [6, 6.07) is 10.0. The second kappa shape index (κ2) is 12.1. The Morgan fingerprint density at radius 1 is 1.08 bits per heavy atom. The molecule has 0 amide bonds. The average molecular weight is 332 g/mol. The highest BCUT2D eigenvalue weighted by Crippen LogP contribution is 1.97. The summed E-state index contributed by atoms with van der Waals surface area (Å²) in [6.07, 6.45) is 5.55. The summed E-state index contributed by atoms with van der Waals surface area (Å²) in [7, 11) is 1.18. The number of benzene rings is 1. The topological polar surface area (TPSA) is 107 Å². The lowest BCUT2D eigenvalue weighted by atomic mass is 10.2. The quantitative estimate of drug-likeness (QED) is 0.510. The molecule has 0 unspecified atom stereocenters. The number of cyclic esters (lactones) is 2. The van der Waals surface area contributed by atoms with Crippen LogP contribution in [0.3, 0.4) is 0 Å². The van der Waals surface area contributed by atoms with Crippen LogP contribution < -0.4 is 0 Å². The summed E-state index contributed by atoms with van der Waals surface area (Å²) < 4.78 is 8.08. The molecule has 24 heavy (non-hydrogen) atoms. The Balaban J connectivity index is 0.000000332. The van der Waals surface area contributed by atoms with Crippen LogP contribution in [-0.2, 0) is 28.7 Å². The lowest BCUT2D eigenvalue weighted by Crippen LogP contribution is -1.96. The minimum Gasteiger partial charge on any atom is -0.478 e. The van der Waals surface area contributed by atoms with E-state index in [-0.39, 0.29) is 0 Å². The molecule has 1 aliphatic heterocycles. The number of carboxylic acid groups (broad SMARTS) is 1. The van der Waals surface area contributed by atoms with Crippen LogP contribution in [0.1, 0.15) is 5.56 Å². The van der Waals surface area contributed by atoms with Gasteiger partial charge in [-0.05, 0) is 5.56 Å². The number of hydrogen-bond donors (Lipinski definition) is 1. The zero-order valence-corrected chi connectivity index (χ0v) is 12.9. The first-order chi connectivity index (χ1) is 11.4. The van der Waals surface area contributed by atoms with E-state index in [1.165, 1.54) is 12.7 Å². The summed E-state index contributed by atoms with van der Waals surface area (Å²) >= 11 is 0. The predicted octanol–water partition coefficient (Wildman–Crippen LogP) is 1.76. The van der Waals surface area contributed by atoms with Crippen LogP contribution >= 0.6 is 0 Å². The van der Waals surface area contributed by atoms with Gasteiger partial charge in [0.25, 0.3) is 0 Å². The van der Waals surface area contributed by atoms with E-state index in [9.17, 15) is 19.2 Å². The van der Waals surface area contributed by atoms with E-state index in [1.807, 2.05) is 36.4 Å². The fraction of sp³-hybridized carbons (Fsp3) is 0.0588. The van der Waals surface area contributed by atoms with Crippen LogP contribution in [0.4, 0.5) is 0 Å². The number of carbonyl (C=O) groups excluding carboxylic acids is 3. The maximum Gasteiger partial charge on any atom is 0.338 e. The van der Waals surface area contributed by atoms with E-state index in [0.29, 0.717) is 6.08 Å². The molecule has 0 spiro atoms. The molecule has 1 aromatic rings. The molecule has 126 valence electrons. The molecule has 1 heterocycles. The molecule has 0 atom stereocenters. The van der Waals surface area contributed by atoms with Crippen LogP contribution in [0.5, 0.6) is 0 Å². The molecule has 7 heteroatoms. The van der Waals surface area contributed by atoms with Gasteiger partial charge in [-0.15, -0.1) is 0 Å². The van der Waals surface area contributed by atoms with Gasteiger partial charge in [0.05, 0.1) is 7.11 Å². The Morgan fingerprint density at radius 3 is 1.92 bits per heavy atom. The van der Waals surface area contributed by atoms with Crippen molar-refractivity contribution in [2.24, 2.45) is 0 Å². The van der Waals surface area contributed by atoms with Crippen LogP contribution in [0.25, 0.3) is 6.08 Å². The molecule has 7 nitrogen and oxygen atoms in total. The first-order valence-corrected chi connectivity index (χ1v) is 6.49. The van der Waals surface area contributed by atoms with Gasteiger partial charge < -0.3 is 14.6 Å². The standard InChI is InChI=1S/C8H8.C5H6O4.C4H2O3/c1-2-8-6-4-3-5-7-8;1-9-5(8)3-2-4(6)7;5-3-1-2-4(6)7-3/h2-7H,1H2;2-3H,1H3,(H,6,7);1-2H/b;3-2+;. The van der Waals surface area contributed by atoms with Crippen molar-refractivity contribution in [2.75, 3.05) is 7.11 Å². The van der Waals surface area contributed by atoms with E-state index in [2.05, 4.69) is 16.1 Å². The van der Waals surface area contributed by atoms with Crippen molar-refractivity contribution in [3.05, 3.63) is 66.8 Å². The smallest absolute Gasteiger partial charge is 0.338 e. The van der Waals surface area contributed by atoms with Gasteiger partial charge in [0.15, 0.2) is 0 Å². The van der Waals surface area contributed by atoms with Crippen LogP contribution in [0.15, 0.2) is 61.2 Å². The third-order valence-electron chi connectivity index (χ3n) is 2.16. The van der Waals surface area contributed by atoms with Crippen molar-refractivity contribution < 1.29 is 33.8 Å². The number of carbonyl (C=O) groups is 4. The van der Waals surface area contributed by atoms with Gasteiger partial charge in [0.1, 0.15) is 0 Å². The van der Waals surface area contributed by atoms with Gasteiger partial charge in [-0.3, -0.25) is 0 Å². The first kappa shape index (κ1) is 20.5. The van der Waals surface area contributed by atoms with Crippen molar-refractivity contribution in [1.29, 1.82) is 0 Å². The van der Waals surface area contributed by atoms with E-state index >= 15 is 0 Å². The average Bonchev–Trinajstić information content (AvgIpc) is 2.97. The van der Waals surface area contributed by atoms with E-state index in [0.717, 1.165) is 18.2 Å². The molecule has 0 radical (unpaired) electrons. The summed E-state index contributed by atoms with van der Waals surface area (Å²) in [6.45, 7) is 3.63. The third kappa shape index (κ3) is 11.2. The highest BCUT2D eigenvalue weighted by molar-refractivity contribution is 6.04. The summed E-state index contributed by atoms with van der Waals surface area (Å²) in [4.78, 5) is 39.7. The van der Waals surface area contributed by atoms with Gasteiger partial charge in [0, 0.05) is 24.3 Å². The molecule has 1 aliphatic rings. The summed E-state index contributed by atoms with van der Waals surface area (Å²) in [5.41, 5.74) is 1.17. The number of ether oxygens (including phenoxy) is 2. The van der Waals surface area contributed by atoms with E-state index < -0.39 is 23.9 Å². The number of carboxylic acids is 1. The second-order valence-electron chi connectivity index (χ2n) is 3.88. The lowest BCUT2D eigenvalue weighted by molar-refractivity contribution is -0.150. The van der Waals surface area contributed by atoms with Gasteiger partial charge in [-0.1, -0.05) is 43.0 Å². The third-order valence-corrected chi connectivity index (χ3v) is 2.16. The predicted molar refractivity (Wildman–Crippen MR) is 85.6 cm³/mol. The molecule has 1 aromatic carbocycles. The summed E-state index contributed by atoms with van der Waals surface area (Å²) in [5, 5.41) is 7.96. The summed E-state index contributed by atoms with van der Waals surface area (Å²) in [5.74, 6) is -2.99. The highest BCUT2D eigenvalue weighted by Gasteiger charge is 2.10. The van der Waals surface area contributed by atoms with Gasteiger partial charge >= 0.3 is 23.9 Å². The molecule has 2 rings (SSSR count). The SMILES string of the molecule is C=Cc1ccccc1.COC(=O)/C=C/C(=O)O.O=C1C=CC(=O)O1. The number of rotatable bonds is 3. The monoisotopic (exact) mass is 332 g/mol. The Morgan fingerprint density at radius 2 is 1.62 bits per heavy atom. The van der Waals surface area contributed by atoms with Crippen molar-refractivity contribution >= 4 is 30.0 Å². The Kier molecular flexibility index (Phi) is 10.3. The zero-order valence-electron chi connectivity index (χ0n) is 12.9. The number of methoxy groups -OCH3 is 1. The number of aliphatic carboxylic acids is 1. The van der Waals surface area contributed by atoms with Crippen molar-refractivity contribution in [2.45, 2.75) is 0 Å². The molecule has 0 bridgehead atoms. The van der Waals surface area contributed by atoms with Gasteiger partial charge in [-0.25, -0.2) is 19.2 Å². The molecule has 0 saturated heterocycles. The minimum absolute atomic E-state index is 0.579. The Bertz CT molecular complexity index is 626. The van der Waals surface area contributed by atoms with Gasteiger partial charge in [-0.2, -0.15) is 0 Å². The molecule has 0 aliphatic carbocycles. The minimum atomic E-state index is -1.17. The molecule has 0 aromatic heterocycles. The van der Waals surface area contributed by atoms with E-state index in [1.54, 1.807) is 0 Å². The van der Waals surface area contributed by atoms with Crippen molar-refractivity contribution in [1.82, 2.24) is 0 Å².